The third kappa shape index (κ3) is 56.4. The normalized spacial score (nSPS) is 12.5. The molecule has 0 aromatic heterocycles. The molecule has 0 rings (SSSR count). The van der Waals surface area contributed by atoms with Crippen LogP contribution in [0, 0.1) is 0 Å². The number of ether oxygens (including phenoxy) is 3. The minimum Gasteiger partial charge on any atom is -0.462 e. The molecule has 1 unspecified atom stereocenters. The van der Waals surface area contributed by atoms with E-state index in [0.29, 0.717) is 19.4 Å². The van der Waals surface area contributed by atoms with Crippen LogP contribution < -0.4 is 0 Å². The zero-order valence-electron chi connectivity index (χ0n) is 45.9. The average molecular weight is 954 g/mol. The number of carbonyl (C=O) groups is 2. The molecule has 0 amide bonds. The Kier molecular flexibility index (Phi) is 57.3. The first kappa shape index (κ1) is 65.9. The van der Waals surface area contributed by atoms with Crippen molar-refractivity contribution in [3.63, 3.8) is 0 Å². The Labute approximate surface area is 424 Å². The van der Waals surface area contributed by atoms with Gasteiger partial charge in [0.1, 0.15) is 6.61 Å². The van der Waals surface area contributed by atoms with Gasteiger partial charge >= 0.3 is 11.9 Å². The summed E-state index contributed by atoms with van der Waals surface area (Å²) >= 11 is 0. The zero-order chi connectivity index (χ0) is 49.2. The smallest absolute Gasteiger partial charge is 0.306 e. The predicted molar refractivity (Wildman–Crippen MR) is 298 cm³/mol. The molecule has 1 atom stereocenters. The standard InChI is InChI=1S/C63H116O5/c1-4-7-10-13-16-19-22-25-28-30-32-34-36-38-41-44-47-50-53-56-62(64)67-60-61(59-66-58-55-52-49-46-43-40-27-24-21-18-15-12-9-6-3)68-63(65)57-54-51-48-45-42-39-37-35-33-31-29-26-23-20-17-14-11-8-5-2/h12,15,21,24-26,28-29,61H,4-11,13-14,16-20,22-23,27,30-60H2,1-3H3/b15-12-,24-21-,28-25-,29-26-. The van der Waals surface area contributed by atoms with Crippen LogP contribution in [0.1, 0.15) is 316 Å². The molecule has 5 heteroatoms. The quantitative estimate of drug-likeness (QED) is 0.0345. The lowest BCUT2D eigenvalue weighted by molar-refractivity contribution is -0.163. The molecule has 0 N–H and O–H groups in total. The second kappa shape index (κ2) is 59.2. The van der Waals surface area contributed by atoms with Crippen LogP contribution in [0.25, 0.3) is 0 Å². The fraction of sp³-hybridized carbons (Fsp3) is 0.841. The summed E-state index contributed by atoms with van der Waals surface area (Å²) in [4.78, 5) is 25.6. The van der Waals surface area contributed by atoms with Gasteiger partial charge in [-0.15, -0.1) is 0 Å². The number of carbonyl (C=O) groups excluding carboxylic acids is 2. The summed E-state index contributed by atoms with van der Waals surface area (Å²) in [5, 5.41) is 0. The van der Waals surface area contributed by atoms with E-state index in [9.17, 15) is 9.59 Å². The second-order valence-corrected chi connectivity index (χ2v) is 20.2. The van der Waals surface area contributed by atoms with Crippen molar-refractivity contribution < 1.29 is 23.8 Å². The molecule has 0 heterocycles. The zero-order valence-corrected chi connectivity index (χ0v) is 45.9. The van der Waals surface area contributed by atoms with Crippen LogP contribution in [0.5, 0.6) is 0 Å². The number of hydrogen-bond acceptors (Lipinski definition) is 5. The molecule has 68 heavy (non-hydrogen) atoms. The molecule has 0 aromatic carbocycles. The highest BCUT2D eigenvalue weighted by atomic mass is 16.6. The van der Waals surface area contributed by atoms with E-state index in [2.05, 4.69) is 69.4 Å². The molecular weight excluding hydrogens is 837 g/mol. The highest BCUT2D eigenvalue weighted by Crippen LogP contribution is 2.16. The molecule has 0 saturated heterocycles. The fourth-order valence-corrected chi connectivity index (χ4v) is 8.77. The van der Waals surface area contributed by atoms with Gasteiger partial charge in [0.05, 0.1) is 6.61 Å². The Balaban J connectivity index is 4.24. The summed E-state index contributed by atoms with van der Waals surface area (Å²) in [6.45, 7) is 7.79. The Morgan fingerprint density at radius 3 is 1.04 bits per heavy atom. The van der Waals surface area contributed by atoms with Crippen LogP contribution in [0.4, 0.5) is 0 Å². The molecule has 5 nitrogen and oxygen atoms in total. The van der Waals surface area contributed by atoms with Crippen molar-refractivity contribution in [3.8, 4) is 0 Å². The Hall–Kier alpha value is -2.14. The van der Waals surface area contributed by atoms with Gasteiger partial charge in [0.25, 0.3) is 0 Å². The van der Waals surface area contributed by atoms with Gasteiger partial charge in [0, 0.05) is 19.4 Å². The van der Waals surface area contributed by atoms with Crippen molar-refractivity contribution in [3.05, 3.63) is 48.6 Å². The number of allylic oxidation sites excluding steroid dienone is 8. The Morgan fingerprint density at radius 2 is 0.647 bits per heavy atom. The molecule has 0 fully saturated rings. The van der Waals surface area contributed by atoms with Crippen molar-refractivity contribution >= 4 is 11.9 Å². The molecule has 0 radical (unpaired) electrons. The molecule has 0 aromatic rings. The van der Waals surface area contributed by atoms with Crippen LogP contribution >= 0.6 is 0 Å². The van der Waals surface area contributed by atoms with Crippen molar-refractivity contribution in [2.24, 2.45) is 0 Å². The maximum Gasteiger partial charge on any atom is 0.306 e. The number of unbranched alkanes of at least 4 members (excludes halogenated alkanes) is 37. The molecule has 0 bridgehead atoms. The third-order valence-electron chi connectivity index (χ3n) is 13.3. The highest BCUT2D eigenvalue weighted by molar-refractivity contribution is 5.70. The molecular formula is C63H116O5. The first-order valence-electron chi connectivity index (χ1n) is 30.2. The number of esters is 2. The van der Waals surface area contributed by atoms with Gasteiger partial charge < -0.3 is 14.2 Å². The molecule has 0 saturated carbocycles. The van der Waals surface area contributed by atoms with E-state index in [1.165, 1.54) is 238 Å². The SMILES string of the molecule is CCC/C=C\C/C=C\CCCCCCCCOCC(COC(=O)CCCCCCCCCCC/C=C\CCCCCCCC)OC(=O)CCCCCCCCCCC/C=C\CCCCCCCC. The van der Waals surface area contributed by atoms with Gasteiger partial charge in [0.2, 0.25) is 0 Å². The molecule has 398 valence electrons. The summed E-state index contributed by atoms with van der Waals surface area (Å²) in [5.41, 5.74) is 0. The maximum atomic E-state index is 12.9. The van der Waals surface area contributed by atoms with Crippen molar-refractivity contribution in [1.29, 1.82) is 0 Å². The average Bonchev–Trinajstić information content (AvgIpc) is 3.34. The first-order valence-corrected chi connectivity index (χ1v) is 30.2. The van der Waals surface area contributed by atoms with E-state index >= 15 is 0 Å². The minimum absolute atomic E-state index is 0.0818. The van der Waals surface area contributed by atoms with E-state index in [1.54, 1.807) is 0 Å². The van der Waals surface area contributed by atoms with Crippen molar-refractivity contribution in [2.45, 2.75) is 322 Å². The lowest BCUT2D eigenvalue weighted by Gasteiger charge is -2.18. The summed E-state index contributed by atoms with van der Waals surface area (Å²) in [7, 11) is 0. The Bertz CT molecular complexity index is 1120. The summed E-state index contributed by atoms with van der Waals surface area (Å²) < 4.78 is 17.5. The number of rotatable bonds is 56. The molecule has 0 aliphatic rings. The predicted octanol–water partition coefficient (Wildman–Crippen LogP) is 20.7. The van der Waals surface area contributed by atoms with Gasteiger partial charge in [0.15, 0.2) is 6.10 Å². The maximum absolute atomic E-state index is 12.9. The van der Waals surface area contributed by atoms with Crippen LogP contribution in [0.3, 0.4) is 0 Å². The van der Waals surface area contributed by atoms with E-state index in [4.69, 9.17) is 14.2 Å². The molecule has 0 aliphatic carbocycles. The van der Waals surface area contributed by atoms with E-state index < -0.39 is 6.10 Å². The summed E-state index contributed by atoms with van der Waals surface area (Å²) in [6, 6.07) is 0. The van der Waals surface area contributed by atoms with Gasteiger partial charge in [-0.1, -0.05) is 256 Å². The summed E-state index contributed by atoms with van der Waals surface area (Å²) in [5.74, 6) is -0.392. The first-order chi connectivity index (χ1) is 33.6. The highest BCUT2D eigenvalue weighted by Gasteiger charge is 2.17. The molecule has 0 spiro atoms. The van der Waals surface area contributed by atoms with Gasteiger partial charge in [-0.05, 0) is 96.3 Å². The lowest BCUT2D eigenvalue weighted by Crippen LogP contribution is -2.30. The van der Waals surface area contributed by atoms with Crippen molar-refractivity contribution in [2.75, 3.05) is 19.8 Å². The summed E-state index contributed by atoms with van der Waals surface area (Å²) in [6.07, 6.45) is 74.2. The van der Waals surface area contributed by atoms with E-state index in [-0.39, 0.29) is 25.2 Å². The van der Waals surface area contributed by atoms with Gasteiger partial charge in [-0.25, -0.2) is 0 Å². The topological polar surface area (TPSA) is 61.8 Å². The Morgan fingerprint density at radius 1 is 0.324 bits per heavy atom. The van der Waals surface area contributed by atoms with Crippen LogP contribution in [0.2, 0.25) is 0 Å². The lowest BCUT2D eigenvalue weighted by atomic mass is 10.1. The van der Waals surface area contributed by atoms with Gasteiger partial charge in [-0.3, -0.25) is 9.59 Å². The van der Waals surface area contributed by atoms with Crippen LogP contribution in [0.15, 0.2) is 48.6 Å². The third-order valence-corrected chi connectivity index (χ3v) is 13.3. The van der Waals surface area contributed by atoms with Crippen LogP contribution in [-0.2, 0) is 23.8 Å². The molecule has 0 aliphatic heterocycles. The second-order valence-electron chi connectivity index (χ2n) is 20.2. The minimum atomic E-state index is -0.543. The monoisotopic (exact) mass is 953 g/mol. The van der Waals surface area contributed by atoms with E-state index in [0.717, 1.165) is 44.9 Å². The van der Waals surface area contributed by atoms with E-state index in [1.807, 2.05) is 0 Å². The fourth-order valence-electron chi connectivity index (χ4n) is 8.77. The van der Waals surface area contributed by atoms with Gasteiger partial charge in [-0.2, -0.15) is 0 Å². The number of hydrogen-bond donors (Lipinski definition) is 0. The van der Waals surface area contributed by atoms with Crippen LogP contribution in [-0.4, -0.2) is 37.9 Å². The van der Waals surface area contributed by atoms with Crippen molar-refractivity contribution in [1.82, 2.24) is 0 Å². The largest absolute Gasteiger partial charge is 0.462 e.